The Kier molecular flexibility index (Phi) is 2.25. The molecule has 0 unspecified atom stereocenters. The average Bonchev–Trinajstić information content (AvgIpc) is 2.65. The van der Waals surface area contributed by atoms with E-state index in [1.165, 1.54) is 0 Å². The summed E-state index contributed by atoms with van der Waals surface area (Å²) in [5.74, 6) is -0.916. The van der Waals surface area contributed by atoms with Gasteiger partial charge >= 0.3 is 5.97 Å². The summed E-state index contributed by atoms with van der Waals surface area (Å²) in [5, 5.41) is 15.6. The molecule has 0 atom stereocenters. The van der Waals surface area contributed by atoms with Crippen LogP contribution in [0.25, 0.3) is 11.3 Å². The van der Waals surface area contributed by atoms with Crippen LogP contribution in [0.4, 0.5) is 0 Å². The van der Waals surface area contributed by atoms with Gasteiger partial charge in [0.1, 0.15) is 0 Å². The maximum atomic E-state index is 10.6. The van der Waals surface area contributed by atoms with Crippen LogP contribution in [0.5, 0.6) is 0 Å². The minimum absolute atomic E-state index is 0.284. The Morgan fingerprint density at radius 2 is 2.00 bits per heavy atom. The number of benzene rings is 1. The lowest BCUT2D eigenvalue weighted by atomic mass is 10.1. The van der Waals surface area contributed by atoms with Crippen LogP contribution < -0.4 is 0 Å². The Bertz CT molecular complexity index is 486. The molecule has 2 aromatic rings. The number of carbonyl (C=O) groups is 1. The highest BCUT2D eigenvalue weighted by Crippen LogP contribution is 2.20. The van der Waals surface area contributed by atoms with Crippen molar-refractivity contribution in [3.05, 3.63) is 41.6 Å². The van der Waals surface area contributed by atoms with Gasteiger partial charge in [-0.25, -0.2) is 4.79 Å². The fourth-order valence-electron chi connectivity index (χ4n) is 1.41. The van der Waals surface area contributed by atoms with Crippen LogP contribution in [-0.4, -0.2) is 21.3 Å². The Morgan fingerprint density at radius 3 is 2.47 bits per heavy atom. The van der Waals surface area contributed by atoms with E-state index >= 15 is 0 Å². The van der Waals surface area contributed by atoms with Crippen LogP contribution in [-0.2, 0) is 0 Å². The maximum absolute atomic E-state index is 10.6. The molecule has 0 saturated carbocycles. The number of aryl methyl sites for hydroxylation is 1. The van der Waals surface area contributed by atoms with Gasteiger partial charge in [0.25, 0.3) is 0 Å². The second-order valence-corrected chi connectivity index (χ2v) is 3.30. The maximum Gasteiger partial charge on any atom is 0.335 e. The van der Waals surface area contributed by atoms with Crippen LogP contribution in [0.2, 0.25) is 0 Å². The second kappa shape index (κ2) is 3.57. The topological polar surface area (TPSA) is 66.0 Å². The normalized spacial score (nSPS) is 10.2. The molecule has 0 fully saturated rings. The number of H-pyrrole nitrogens is 1. The smallest absolute Gasteiger partial charge is 0.335 e. The number of carboxylic acid groups (broad SMARTS) is 1. The molecule has 0 aliphatic carbocycles. The molecule has 76 valence electrons. The Labute approximate surface area is 86.6 Å². The first-order chi connectivity index (χ1) is 7.18. The van der Waals surface area contributed by atoms with Gasteiger partial charge in [0.2, 0.25) is 0 Å². The predicted molar refractivity (Wildman–Crippen MR) is 55.7 cm³/mol. The van der Waals surface area contributed by atoms with Crippen molar-refractivity contribution in [3.63, 3.8) is 0 Å². The van der Waals surface area contributed by atoms with Crippen LogP contribution >= 0.6 is 0 Å². The van der Waals surface area contributed by atoms with Gasteiger partial charge in [-0.15, -0.1) is 0 Å². The summed E-state index contributed by atoms with van der Waals surface area (Å²) in [6.45, 7) is 1.95. The van der Waals surface area contributed by atoms with E-state index in [-0.39, 0.29) is 5.56 Å². The first kappa shape index (κ1) is 9.45. The van der Waals surface area contributed by atoms with Gasteiger partial charge in [-0.2, -0.15) is 5.10 Å². The summed E-state index contributed by atoms with van der Waals surface area (Å²) in [7, 11) is 0. The molecule has 2 rings (SSSR count). The van der Waals surface area contributed by atoms with Gasteiger partial charge in [-0.1, -0.05) is 12.1 Å². The molecule has 0 aliphatic rings. The van der Waals surface area contributed by atoms with Crippen molar-refractivity contribution >= 4 is 5.97 Å². The van der Waals surface area contributed by atoms with Crippen LogP contribution in [0, 0.1) is 6.92 Å². The summed E-state index contributed by atoms with van der Waals surface area (Å²) in [5.41, 5.74) is 3.09. The lowest BCUT2D eigenvalue weighted by Gasteiger charge is -1.99. The number of rotatable bonds is 2. The third-order valence-electron chi connectivity index (χ3n) is 2.24. The SMILES string of the molecule is Cc1c[nH]nc1-c1ccc(C(=O)O)cc1. The fraction of sp³-hybridized carbons (Fsp3) is 0.0909. The van der Waals surface area contributed by atoms with E-state index in [2.05, 4.69) is 10.2 Å². The Hall–Kier alpha value is -2.10. The van der Waals surface area contributed by atoms with Crippen molar-refractivity contribution in [2.24, 2.45) is 0 Å². The first-order valence-electron chi connectivity index (χ1n) is 4.52. The van der Waals surface area contributed by atoms with E-state index in [1.54, 1.807) is 30.5 Å². The molecule has 2 N–H and O–H groups in total. The van der Waals surface area contributed by atoms with Gasteiger partial charge in [0.05, 0.1) is 11.3 Å². The standard InChI is InChI=1S/C11H10N2O2/c1-7-6-12-13-10(7)8-2-4-9(5-3-8)11(14)15/h2-6H,1H3,(H,12,13)(H,14,15). The number of hydrogen-bond donors (Lipinski definition) is 2. The van der Waals surface area contributed by atoms with Gasteiger partial charge < -0.3 is 5.11 Å². The van der Waals surface area contributed by atoms with Crippen molar-refractivity contribution in [2.45, 2.75) is 6.92 Å². The summed E-state index contributed by atoms with van der Waals surface area (Å²) in [6, 6.07) is 6.66. The number of aromatic amines is 1. The quantitative estimate of drug-likeness (QED) is 0.783. The van der Waals surface area contributed by atoms with Crippen molar-refractivity contribution in [1.29, 1.82) is 0 Å². The van der Waals surface area contributed by atoms with Crippen LogP contribution in [0.15, 0.2) is 30.5 Å². The van der Waals surface area contributed by atoms with Gasteiger partial charge in [-0.05, 0) is 24.6 Å². The molecular formula is C11H10N2O2. The van der Waals surface area contributed by atoms with Gasteiger partial charge in [0, 0.05) is 11.8 Å². The zero-order valence-electron chi connectivity index (χ0n) is 8.19. The Morgan fingerprint density at radius 1 is 1.33 bits per heavy atom. The van der Waals surface area contributed by atoms with E-state index in [1.807, 2.05) is 6.92 Å². The number of aromatic nitrogens is 2. The molecule has 4 heteroatoms. The molecule has 1 aromatic heterocycles. The molecule has 0 bridgehead atoms. The van der Waals surface area contributed by atoms with Crippen molar-refractivity contribution in [1.82, 2.24) is 10.2 Å². The van der Waals surface area contributed by atoms with E-state index in [9.17, 15) is 4.79 Å². The van der Waals surface area contributed by atoms with Gasteiger partial charge in [-0.3, -0.25) is 5.10 Å². The number of aromatic carboxylic acids is 1. The number of hydrogen-bond acceptors (Lipinski definition) is 2. The minimum atomic E-state index is -0.916. The van der Waals surface area contributed by atoms with Crippen LogP contribution in [0.1, 0.15) is 15.9 Å². The highest BCUT2D eigenvalue weighted by Gasteiger charge is 2.06. The number of nitrogens with zero attached hydrogens (tertiary/aromatic N) is 1. The third kappa shape index (κ3) is 1.74. The second-order valence-electron chi connectivity index (χ2n) is 3.30. The number of carboxylic acids is 1. The zero-order valence-corrected chi connectivity index (χ0v) is 8.19. The van der Waals surface area contributed by atoms with E-state index in [0.717, 1.165) is 16.8 Å². The molecule has 1 aromatic carbocycles. The molecular weight excluding hydrogens is 192 g/mol. The number of nitrogens with one attached hydrogen (secondary N) is 1. The zero-order chi connectivity index (χ0) is 10.8. The average molecular weight is 202 g/mol. The van der Waals surface area contributed by atoms with Crippen LogP contribution in [0.3, 0.4) is 0 Å². The summed E-state index contributed by atoms with van der Waals surface area (Å²) >= 11 is 0. The van der Waals surface area contributed by atoms with E-state index in [0.29, 0.717) is 0 Å². The monoisotopic (exact) mass is 202 g/mol. The van der Waals surface area contributed by atoms with Crippen molar-refractivity contribution in [3.8, 4) is 11.3 Å². The highest BCUT2D eigenvalue weighted by molar-refractivity contribution is 5.88. The first-order valence-corrected chi connectivity index (χ1v) is 4.52. The third-order valence-corrected chi connectivity index (χ3v) is 2.24. The van der Waals surface area contributed by atoms with Crippen molar-refractivity contribution in [2.75, 3.05) is 0 Å². The summed E-state index contributed by atoms with van der Waals surface area (Å²) in [4.78, 5) is 10.6. The van der Waals surface area contributed by atoms with E-state index < -0.39 is 5.97 Å². The predicted octanol–water partition coefficient (Wildman–Crippen LogP) is 2.08. The molecule has 0 amide bonds. The largest absolute Gasteiger partial charge is 0.478 e. The lowest BCUT2D eigenvalue weighted by Crippen LogP contribution is -1.95. The van der Waals surface area contributed by atoms with Gasteiger partial charge in [0.15, 0.2) is 0 Å². The molecule has 4 nitrogen and oxygen atoms in total. The highest BCUT2D eigenvalue weighted by atomic mass is 16.4. The summed E-state index contributed by atoms with van der Waals surface area (Å²) in [6.07, 6.45) is 1.81. The lowest BCUT2D eigenvalue weighted by molar-refractivity contribution is 0.0697. The molecule has 0 radical (unpaired) electrons. The molecule has 0 aliphatic heterocycles. The molecule has 15 heavy (non-hydrogen) atoms. The molecule has 0 saturated heterocycles. The van der Waals surface area contributed by atoms with Crippen molar-refractivity contribution < 1.29 is 9.90 Å². The van der Waals surface area contributed by atoms with E-state index in [4.69, 9.17) is 5.11 Å². The molecule has 0 spiro atoms. The Balaban J connectivity index is 2.40. The molecule has 1 heterocycles. The fourth-order valence-corrected chi connectivity index (χ4v) is 1.41. The summed E-state index contributed by atoms with van der Waals surface area (Å²) < 4.78 is 0. The minimum Gasteiger partial charge on any atom is -0.478 e.